The van der Waals surface area contributed by atoms with Crippen LogP contribution in [0, 0.1) is 12.7 Å². The van der Waals surface area contributed by atoms with Crippen molar-refractivity contribution in [3.05, 3.63) is 58.9 Å². The Labute approximate surface area is 155 Å². The highest BCUT2D eigenvalue weighted by atomic mass is 35.5. The summed E-state index contributed by atoms with van der Waals surface area (Å²) >= 11 is 7.15. The summed E-state index contributed by atoms with van der Waals surface area (Å²) in [5.41, 5.74) is 2.07. The van der Waals surface area contributed by atoms with Crippen LogP contribution in [-0.2, 0) is 9.59 Å². The molecule has 0 aliphatic rings. The van der Waals surface area contributed by atoms with E-state index in [0.717, 1.165) is 5.56 Å². The topological polar surface area (TPSA) is 58.2 Å². The van der Waals surface area contributed by atoms with E-state index in [-0.39, 0.29) is 23.4 Å². The molecule has 7 heteroatoms. The predicted octanol–water partition coefficient (Wildman–Crippen LogP) is 4.49. The van der Waals surface area contributed by atoms with Gasteiger partial charge in [-0.2, -0.15) is 0 Å². The Balaban J connectivity index is 1.83. The van der Waals surface area contributed by atoms with Crippen LogP contribution in [0.25, 0.3) is 0 Å². The minimum Gasteiger partial charge on any atom is -0.325 e. The minimum absolute atomic E-state index is 0.112. The van der Waals surface area contributed by atoms with Crippen LogP contribution in [-0.4, -0.2) is 22.8 Å². The number of aryl methyl sites for hydroxylation is 1. The SMILES string of the molecule is Cc1ccc(Cl)cc1NC(=O)[C@H](C)SCC(=O)Nc1ccc(F)cc1. The summed E-state index contributed by atoms with van der Waals surface area (Å²) in [6.45, 7) is 3.60. The Morgan fingerprint density at radius 3 is 2.52 bits per heavy atom. The van der Waals surface area contributed by atoms with E-state index in [1.807, 2.05) is 13.0 Å². The molecule has 0 aromatic heterocycles. The van der Waals surface area contributed by atoms with Gasteiger partial charge >= 0.3 is 0 Å². The first-order chi connectivity index (χ1) is 11.8. The van der Waals surface area contributed by atoms with Crippen LogP contribution in [0.5, 0.6) is 0 Å². The van der Waals surface area contributed by atoms with Gasteiger partial charge in [-0.25, -0.2) is 4.39 Å². The molecule has 0 saturated heterocycles. The van der Waals surface area contributed by atoms with Gasteiger partial charge in [0, 0.05) is 16.4 Å². The normalized spacial score (nSPS) is 11.7. The van der Waals surface area contributed by atoms with Gasteiger partial charge in [-0.05, 0) is 55.8 Å². The number of carbonyl (C=O) groups is 2. The molecule has 2 aromatic carbocycles. The molecule has 0 aliphatic carbocycles. The molecule has 0 saturated carbocycles. The van der Waals surface area contributed by atoms with E-state index in [4.69, 9.17) is 11.6 Å². The van der Waals surface area contributed by atoms with Gasteiger partial charge < -0.3 is 10.6 Å². The Bertz CT molecular complexity index is 768. The summed E-state index contributed by atoms with van der Waals surface area (Å²) in [6, 6.07) is 10.8. The Kier molecular flexibility index (Phi) is 6.84. The number of benzene rings is 2. The number of rotatable bonds is 6. The number of thioether (sulfide) groups is 1. The molecule has 132 valence electrons. The third kappa shape index (κ3) is 6.07. The fraction of sp³-hybridized carbons (Fsp3) is 0.222. The number of nitrogens with one attached hydrogen (secondary N) is 2. The summed E-state index contributed by atoms with van der Waals surface area (Å²) in [4.78, 5) is 24.1. The molecule has 25 heavy (non-hydrogen) atoms. The summed E-state index contributed by atoms with van der Waals surface area (Å²) in [5.74, 6) is -0.713. The van der Waals surface area contributed by atoms with Crippen molar-refractivity contribution in [2.75, 3.05) is 16.4 Å². The maximum atomic E-state index is 12.8. The third-order valence-corrected chi connectivity index (χ3v) is 4.80. The van der Waals surface area contributed by atoms with E-state index in [1.165, 1.54) is 36.0 Å². The van der Waals surface area contributed by atoms with E-state index >= 15 is 0 Å². The fourth-order valence-electron chi connectivity index (χ4n) is 1.97. The molecule has 0 radical (unpaired) electrons. The van der Waals surface area contributed by atoms with Crippen LogP contribution < -0.4 is 10.6 Å². The van der Waals surface area contributed by atoms with Crippen molar-refractivity contribution in [1.82, 2.24) is 0 Å². The molecule has 0 spiro atoms. The second-order valence-electron chi connectivity index (χ2n) is 5.46. The van der Waals surface area contributed by atoms with Gasteiger partial charge in [-0.1, -0.05) is 17.7 Å². The summed E-state index contributed by atoms with van der Waals surface area (Å²) in [7, 11) is 0. The lowest BCUT2D eigenvalue weighted by Crippen LogP contribution is -2.25. The van der Waals surface area contributed by atoms with E-state index in [2.05, 4.69) is 10.6 Å². The summed E-state index contributed by atoms with van der Waals surface area (Å²) in [5, 5.41) is 5.59. The zero-order valence-corrected chi connectivity index (χ0v) is 15.4. The Morgan fingerprint density at radius 1 is 1.16 bits per heavy atom. The van der Waals surface area contributed by atoms with Gasteiger partial charge in [0.15, 0.2) is 0 Å². The zero-order chi connectivity index (χ0) is 18.4. The number of carbonyl (C=O) groups excluding carboxylic acids is 2. The van der Waals surface area contributed by atoms with Crippen molar-refractivity contribution >= 4 is 46.6 Å². The quantitative estimate of drug-likeness (QED) is 0.776. The maximum absolute atomic E-state index is 12.8. The highest BCUT2D eigenvalue weighted by molar-refractivity contribution is 8.01. The molecule has 0 unspecified atom stereocenters. The first-order valence-corrected chi connectivity index (χ1v) is 9.02. The highest BCUT2D eigenvalue weighted by Gasteiger charge is 2.16. The summed E-state index contributed by atoms with van der Waals surface area (Å²) in [6.07, 6.45) is 0. The van der Waals surface area contributed by atoms with Crippen molar-refractivity contribution < 1.29 is 14.0 Å². The Morgan fingerprint density at radius 2 is 1.84 bits per heavy atom. The molecule has 0 aliphatic heterocycles. The van der Waals surface area contributed by atoms with Crippen LogP contribution >= 0.6 is 23.4 Å². The second-order valence-corrected chi connectivity index (χ2v) is 7.22. The van der Waals surface area contributed by atoms with Crippen molar-refractivity contribution in [3.63, 3.8) is 0 Å². The lowest BCUT2D eigenvalue weighted by molar-refractivity contribution is -0.115. The number of hydrogen-bond donors (Lipinski definition) is 2. The molecule has 2 N–H and O–H groups in total. The van der Waals surface area contributed by atoms with Gasteiger partial charge in [0.2, 0.25) is 11.8 Å². The van der Waals surface area contributed by atoms with Crippen molar-refractivity contribution in [2.24, 2.45) is 0 Å². The molecular formula is C18H18ClFN2O2S. The number of anilines is 2. The standard InChI is InChI=1S/C18H18ClFN2O2S/c1-11-3-4-13(19)9-16(11)22-18(24)12(2)25-10-17(23)21-15-7-5-14(20)6-8-15/h3-9,12H,10H2,1-2H3,(H,21,23)(H,22,24)/t12-/m0/s1. The first kappa shape index (κ1) is 19.3. The van der Waals surface area contributed by atoms with Crippen LogP contribution in [0.2, 0.25) is 5.02 Å². The van der Waals surface area contributed by atoms with E-state index in [1.54, 1.807) is 19.1 Å². The molecule has 2 amide bonds. The fourth-order valence-corrected chi connectivity index (χ4v) is 2.83. The lowest BCUT2D eigenvalue weighted by Gasteiger charge is -2.14. The molecule has 1 atom stereocenters. The van der Waals surface area contributed by atoms with Crippen molar-refractivity contribution in [1.29, 1.82) is 0 Å². The monoisotopic (exact) mass is 380 g/mol. The van der Waals surface area contributed by atoms with E-state index in [0.29, 0.717) is 16.4 Å². The van der Waals surface area contributed by atoms with Gasteiger partial charge in [0.25, 0.3) is 0 Å². The van der Waals surface area contributed by atoms with Gasteiger partial charge in [0.1, 0.15) is 5.82 Å². The Hall–Kier alpha value is -2.05. The number of amides is 2. The minimum atomic E-state index is -0.419. The van der Waals surface area contributed by atoms with Crippen molar-refractivity contribution in [3.8, 4) is 0 Å². The van der Waals surface area contributed by atoms with Crippen LogP contribution in [0.4, 0.5) is 15.8 Å². The average Bonchev–Trinajstić information content (AvgIpc) is 2.58. The molecule has 0 bridgehead atoms. The molecule has 0 heterocycles. The van der Waals surface area contributed by atoms with Gasteiger partial charge in [-0.15, -0.1) is 11.8 Å². The molecule has 2 aromatic rings. The summed E-state index contributed by atoms with van der Waals surface area (Å²) < 4.78 is 12.8. The van der Waals surface area contributed by atoms with Crippen molar-refractivity contribution in [2.45, 2.75) is 19.1 Å². The molecule has 2 rings (SSSR count). The largest absolute Gasteiger partial charge is 0.325 e. The van der Waals surface area contributed by atoms with Gasteiger partial charge in [-0.3, -0.25) is 9.59 Å². The van der Waals surface area contributed by atoms with Crippen LogP contribution in [0.3, 0.4) is 0 Å². The third-order valence-electron chi connectivity index (χ3n) is 3.42. The van der Waals surface area contributed by atoms with Crippen LogP contribution in [0.15, 0.2) is 42.5 Å². The number of hydrogen-bond acceptors (Lipinski definition) is 3. The van der Waals surface area contributed by atoms with Crippen LogP contribution in [0.1, 0.15) is 12.5 Å². The van der Waals surface area contributed by atoms with E-state index < -0.39 is 5.25 Å². The van der Waals surface area contributed by atoms with E-state index in [9.17, 15) is 14.0 Å². The maximum Gasteiger partial charge on any atom is 0.237 e. The molecule has 0 fully saturated rings. The molecular weight excluding hydrogens is 363 g/mol. The average molecular weight is 381 g/mol. The second kappa shape index (κ2) is 8.87. The lowest BCUT2D eigenvalue weighted by atomic mass is 10.2. The predicted molar refractivity (Wildman–Crippen MR) is 102 cm³/mol. The number of halogens is 2. The molecule has 4 nitrogen and oxygen atoms in total. The first-order valence-electron chi connectivity index (χ1n) is 7.59. The van der Waals surface area contributed by atoms with Gasteiger partial charge in [0.05, 0.1) is 11.0 Å². The smallest absolute Gasteiger partial charge is 0.237 e. The highest BCUT2D eigenvalue weighted by Crippen LogP contribution is 2.22. The zero-order valence-electron chi connectivity index (χ0n) is 13.8.